The first kappa shape index (κ1) is 16.0. The van der Waals surface area contributed by atoms with Crippen molar-refractivity contribution in [2.45, 2.75) is 13.5 Å². The standard InChI is InChI=1S/C15H14N2O2.BrH/c1-12-2-4-14(5-3-12)15(18)11-17-8-6-13(7-9-17)10-16-19;/h2-10H,11H2,1H3;1H. The third kappa shape index (κ3) is 4.28. The smallest absolute Gasteiger partial charge is 0.227 e. The lowest BCUT2D eigenvalue weighted by molar-refractivity contribution is -0.683. The van der Waals surface area contributed by atoms with E-state index in [9.17, 15) is 4.79 Å². The molecule has 4 nitrogen and oxygen atoms in total. The number of hydrogen-bond donors (Lipinski definition) is 1. The molecule has 0 aliphatic carbocycles. The maximum absolute atomic E-state index is 12.0. The molecule has 20 heavy (non-hydrogen) atoms. The van der Waals surface area contributed by atoms with Gasteiger partial charge in [-0.3, -0.25) is 4.79 Å². The van der Waals surface area contributed by atoms with Gasteiger partial charge in [0.2, 0.25) is 12.3 Å². The number of benzene rings is 1. The van der Waals surface area contributed by atoms with E-state index in [0.29, 0.717) is 12.1 Å². The second kappa shape index (κ2) is 7.55. The van der Waals surface area contributed by atoms with Crippen LogP contribution in [-0.2, 0) is 6.54 Å². The topological polar surface area (TPSA) is 53.5 Å². The zero-order valence-electron chi connectivity index (χ0n) is 11.0. The number of carbonyl (C=O) groups excluding carboxylic acids is 1. The zero-order chi connectivity index (χ0) is 13.7. The summed E-state index contributed by atoms with van der Waals surface area (Å²) in [6.07, 6.45) is 4.90. The predicted molar refractivity (Wildman–Crippen MR) is 71.5 cm³/mol. The van der Waals surface area contributed by atoms with Gasteiger partial charge in [0.05, 0.1) is 6.21 Å². The molecule has 1 aromatic heterocycles. The first-order valence-electron chi connectivity index (χ1n) is 5.95. The fourth-order valence-corrected chi connectivity index (χ4v) is 1.72. The van der Waals surface area contributed by atoms with Crippen LogP contribution in [0.25, 0.3) is 0 Å². The Labute approximate surface area is 128 Å². The summed E-state index contributed by atoms with van der Waals surface area (Å²) >= 11 is 0. The molecule has 0 amide bonds. The van der Waals surface area contributed by atoms with Crippen LogP contribution in [-0.4, -0.2) is 17.2 Å². The van der Waals surface area contributed by atoms with Crippen molar-refractivity contribution < 1.29 is 31.6 Å². The number of oxime groups is 1. The quantitative estimate of drug-likeness (QED) is 0.256. The molecule has 0 bridgehead atoms. The molecule has 0 aliphatic rings. The van der Waals surface area contributed by atoms with Crippen LogP contribution in [0, 0.1) is 6.92 Å². The molecule has 1 aromatic carbocycles. The summed E-state index contributed by atoms with van der Waals surface area (Å²) in [6.45, 7) is 2.28. The third-order valence-electron chi connectivity index (χ3n) is 2.82. The van der Waals surface area contributed by atoms with E-state index >= 15 is 0 Å². The SMILES string of the molecule is Cc1ccc(C(=O)C[n+]2ccc(C=NO)cc2)cc1.[Br-]. The molecule has 1 heterocycles. The van der Waals surface area contributed by atoms with Crippen LogP contribution in [0.1, 0.15) is 21.5 Å². The Bertz CT molecular complexity index is 592. The lowest BCUT2D eigenvalue weighted by Gasteiger charge is -1.99. The highest BCUT2D eigenvalue weighted by molar-refractivity contribution is 5.95. The van der Waals surface area contributed by atoms with Gasteiger partial charge in [0.25, 0.3) is 0 Å². The molecule has 0 aliphatic heterocycles. The summed E-state index contributed by atoms with van der Waals surface area (Å²) in [7, 11) is 0. The van der Waals surface area contributed by atoms with E-state index in [1.807, 2.05) is 31.2 Å². The van der Waals surface area contributed by atoms with Gasteiger partial charge in [0.15, 0.2) is 12.4 Å². The molecule has 0 spiro atoms. The van der Waals surface area contributed by atoms with Gasteiger partial charge in [-0.1, -0.05) is 35.0 Å². The lowest BCUT2D eigenvalue weighted by atomic mass is 10.1. The van der Waals surface area contributed by atoms with Crippen LogP contribution >= 0.6 is 0 Å². The highest BCUT2D eigenvalue weighted by atomic mass is 79.9. The van der Waals surface area contributed by atoms with Crippen LogP contribution < -0.4 is 21.5 Å². The van der Waals surface area contributed by atoms with Gasteiger partial charge in [0.1, 0.15) is 0 Å². The van der Waals surface area contributed by atoms with Gasteiger partial charge in [-0.25, -0.2) is 0 Å². The molecule has 1 N–H and O–H groups in total. The number of ketones is 1. The summed E-state index contributed by atoms with van der Waals surface area (Å²) in [4.78, 5) is 12.0. The maximum Gasteiger partial charge on any atom is 0.227 e. The van der Waals surface area contributed by atoms with E-state index in [0.717, 1.165) is 11.1 Å². The summed E-state index contributed by atoms with van der Waals surface area (Å²) in [5.74, 6) is 0.0635. The Morgan fingerprint density at radius 1 is 1.20 bits per heavy atom. The minimum atomic E-state index is 0. The van der Waals surface area contributed by atoms with Gasteiger partial charge >= 0.3 is 0 Å². The molecule has 0 atom stereocenters. The first-order chi connectivity index (χ1) is 9.19. The van der Waals surface area contributed by atoms with Crippen LogP contribution in [0.5, 0.6) is 0 Å². The van der Waals surface area contributed by atoms with Crippen molar-refractivity contribution in [1.82, 2.24) is 0 Å². The van der Waals surface area contributed by atoms with Crippen molar-refractivity contribution in [2.24, 2.45) is 5.16 Å². The highest BCUT2D eigenvalue weighted by Gasteiger charge is 2.11. The highest BCUT2D eigenvalue weighted by Crippen LogP contribution is 2.04. The molecule has 0 saturated heterocycles. The number of halogens is 1. The number of hydrogen-bond acceptors (Lipinski definition) is 3. The minimum Gasteiger partial charge on any atom is -1.00 e. The summed E-state index contributed by atoms with van der Waals surface area (Å²) in [6, 6.07) is 11.1. The maximum atomic E-state index is 12.0. The van der Waals surface area contributed by atoms with E-state index in [4.69, 9.17) is 5.21 Å². The number of rotatable bonds is 4. The van der Waals surface area contributed by atoms with E-state index in [1.165, 1.54) is 6.21 Å². The Hall–Kier alpha value is -2.01. The molecule has 5 heteroatoms. The van der Waals surface area contributed by atoms with Crippen LogP contribution in [0.15, 0.2) is 53.9 Å². The number of aromatic nitrogens is 1. The van der Waals surface area contributed by atoms with Gasteiger partial charge in [-0.05, 0) is 6.92 Å². The third-order valence-corrected chi connectivity index (χ3v) is 2.82. The Morgan fingerprint density at radius 2 is 1.80 bits per heavy atom. The monoisotopic (exact) mass is 334 g/mol. The van der Waals surface area contributed by atoms with Crippen LogP contribution in [0.4, 0.5) is 0 Å². The van der Waals surface area contributed by atoms with Crippen molar-refractivity contribution >= 4 is 12.0 Å². The van der Waals surface area contributed by atoms with Crippen molar-refractivity contribution in [3.8, 4) is 0 Å². The van der Waals surface area contributed by atoms with Crippen LogP contribution in [0.2, 0.25) is 0 Å². The van der Waals surface area contributed by atoms with E-state index < -0.39 is 0 Å². The van der Waals surface area contributed by atoms with Gasteiger partial charge < -0.3 is 22.2 Å². The summed E-state index contributed by atoms with van der Waals surface area (Å²) in [5.41, 5.74) is 2.62. The van der Waals surface area contributed by atoms with Crippen molar-refractivity contribution in [1.29, 1.82) is 0 Å². The fraction of sp³-hybridized carbons (Fsp3) is 0.133. The molecule has 2 rings (SSSR count). The fourth-order valence-electron chi connectivity index (χ4n) is 1.72. The normalized spacial score (nSPS) is 10.2. The van der Waals surface area contributed by atoms with E-state index in [2.05, 4.69) is 5.16 Å². The average molecular weight is 335 g/mol. The Morgan fingerprint density at radius 3 is 2.35 bits per heavy atom. The van der Waals surface area contributed by atoms with Crippen LogP contribution in [0.3, 0.4) is 0 Å². The van der Waals surface area contributed by atoms with Crippen molar-refractivity contribution in [3.63, 3.8) is 0 Å². The Kier molecular flexibility index (Phi) is 6.06. The van der Waals surface area contributed by atoms with Gasteiger partial charge in [0, 0.05) is 23.3 Å². The van der Waals surface area contributed by atoms with E-state index in [-0.39, 0.29) is 22.8 Å². The zero-order valence-corrected chi connectivity index (χ0v) is 12.6. The molecular formula is C15H15BrN2O2. The number of Topliss-reactive ketones (excluding diaryl/α,β-unsaturated/α-hetero) is 1. The molecule has 0 fully saturated rings. The molecule has 2 aromatic rings. The number of nitrogens with zero attached hydrogens (tertiary/aromatic N) is 2. The second-order valence-electron chi connectivity index (χ2n) is 4.34. The summed E-state index contributed by atoms with van der Waals surface area (Å²) in [5, 5.41) is 11.4. The number of pyridine rings is 1. The molecular weight excluding hydrogens is 320 g/mol. The largest absolute Gasteiger partial charge is 1.00 e. The van der Waals surface area contributed by atoms with Crippen molar-refractivity contribution in [2.75, 3.05) is 0 Å². The molecule has 0 unspecified atom stereocenters. The molecule has 0 saturated carbocycles. The Balaban J connectivity index is 0.00000200. The average Bonchev–Trinajstić information content (AvgIpc) is 2.42. The van der Waals surface area contributed by atoms with Gasteiger partial charge in [-0.2, -0.15) is 4.57 Å². The summed E-state index contributed by atoms with van der Waals surface area (Å²) < 4.78 is 1.79. The van der Waals surface area contributed by atoms with E-state index in [1.54, 1.807) is 29.1 Å². The lowest BCUT2D eigenvalue weighted by Crippen LogP contribution is -3.00. The predicted octanol–water partition coefficient (Wildman–Crippen LogP) is -1.02. The molecule has 0 radical (unpaired) electrons. The second-order valence-corrected chi connectivity index (χ2v) is 4.34. The molecule has 104 valence electrons. The van der Waals surface area contributed by atoms with Gasteiger partial charge in [-0.15, -0.1) is 0 Å². The number of aryl methyl sites for hydroxylation is 1. The first-order valence-corrected chi connectivity index (χ1v) is 5.95. The van der Waals surface area contributed by atoms with Crippen molar-refractivity contribution in [3.05, 3.63) is 65.5 Å². The number of carbonyl (C=O) groups is 1. The minimum absolute atomic E-state index is 0.